The van der Waals surface area contributed by atoms with Crippen LogP contribution in [0, 0.1) is 6.92 Å². The maximum atomic E-state index is 12.1. The summed E-state index contributed by atoms with van der Waals surface area (Å²) < 4.78 is 42.5. The Balaban J connectivity index is 2.79. The first-order valence-corrected chi connectivity index (χ1v) is 5.70. The van der Waals surface area contributed by atoms with Crippen molar-refractivity contribution in [2.75, 3.05) is 0 Å². The van der Waals surface area contributed by atoms with E-state index in [4.69, 9.17) is 4.74 Å². The molecule has 0 atom stereocenters. The number of carbonyl (C=O) groups excluding carboxylic acids is 1. The smallest absolute Gasteiger partial charge is 0.390 e. The van der Waals surface area contributed by atoms with E-state index in [1.165, 1.54) is 6.92 Å². The molecule has 1 aromatic rings. The van der Waals surface area contributed by atoms with Crippen LogP contribution in [-0.4, -0.2) is 32.7 Å². The van der Waals surface area contributed by atoms with Crippen molar-refractivity contribution in [2.24, 2.45) is 0 Å². The van der Waals surface area contributed by atoms with Crippen molar-refractivity contribution < 1.29 is 22.7 Å². The zero-order chi connectivity index (χ0) is 14.8. The molecular formula is C11H16F3N3O2. The van der Waals surface area contributed by atoms with E-state index in [2.05, 4.69) is 10.3 Å². The summed E-state index contributed by atoms with van der Waals surface area (Å²) in [5.41, 5.74) is -0.491. The number of hydrogen-bond acceptors (Lipinski definition) is 4. The lowest BCUT2D eigenvalue weighted by Crippen LogP contribution is -2.24. The van der Waals surface area contributed by atoms with Gasteiger partial charge in [0.25, 0.3) is 0 Å². The first-order valence-electron chi connectivity index (χ1n) is 5.70. The van der Waals surface area contributed by atoms with Crippen LogP contribution in [0.25, 0.3) is 0 Å². The van der Waals surface area contributed by atoms with Gasteiger partial charge in [-0.3, -0.25) is 0 Å². The summed E-state index contributed by atoms with van der Waals surface area (Å²) in [6.45, 7) is 6.18. The Morgan fingerprint density at radius 1 is 1.32 bits per heavy atom. The highest BCUT2D eigenvalue weighted by atomic mass is 19.4. The summed E-state index contributed by atoms with van der Waals surface area (Å²) in [7, 11) is 0. The number of esters is 1. The number of rotatable bonds is 3. The van der Waals surface area contributed by atoms with Crippen molar-refractivity contribution in [3.05, 3.63) is 11.4 Å². The van der Waals surface area contributed by atoms with Crippen LogP contribution in [0.5, 0.6) is 0 Å². The highest BCUT2D eigenvalue weighted by Crippen LogP contribution is 2.21. The minimum Gasteiger partial charge on any atom is -0.455 e. The van der Waals surface area contributed by atoms with Gasteiger partial charge in [-0.1, -0.05) is 5.21 Å². The molecule has 8 heteroatoms. The topological polar surface area (TPSA) is 57.0 Å². The molecule has 0 radical (unpaired) electrons. The van der Waals surface area contributed by atoms with Gasteiger partial charge in [0.15, 0.2) is 5.69 Å². The maximum Gasteiger partial charge on any atom is 0.390 e. The second-order valence-corrected chi connectivity index (χ2v) is 5.11. The molecule has 0 spiro atoms. The SMILES string of the molecule is Cc1c(C(=O)OC(C)(C)C)nnn1CCC(F)(F)F. The average Bonchev–Trinajstić information content (AvgIpc) is 2.53. The van der Waals surface area contributed by atoms with Gasteiger partial charge in [0.05, 0.1) is 18.7 Å². The monoisotopic (exact) mass is 279 g/mol. The zero-order valence-electron chi connectivity index (χ0n) is 11.2. The summed E-state index contributed by atoms with van der Waals surface area (Å²) in [5, 5.41) is 7.11. The standard InChI is InChI=1S/C11H16F3N3O2/c1-7-8(9(18)19-10(2,3)4)15-16-17(7)6-5-11(12,13)14/h5-6H2,1-4H3. The Hall–Kier alpha value is -1.60. The van der Waals surface area contributed by atoms with Crippen molar-refractivity contribution >= 4 is 5.97 Å². The Morgan fingerprint density at radius 3 is 2.37 bits per heavy atom. The normalized spacial score (nSPS) is 12.6. The summed E-state index contributed by atoms with van der Waals surface area (Å²) in [4.78, 5) is 11.7. The first kappa shape index (κ1) is 15.5. The molecule has 0 amide bonds. The minimum atomic E-state index is -4.27. The number of halogens is 3. The van der Waals surface area contributed by atoms with E-state index in [1.54, 1.807) is 20.8 Å². The van der Waals surface area contributed by atoms with Gasteiger partial charge < -0.3 is 4.74 Å². The quantitative estimate of drug-likeness (QED) is 0.798. The van der Waals surface area contributed by atoms with Gasteiger partial charge in [-0.25, -0.2) is 9.48 Å². The van der Waals surface area contributed by atoms with E-state index in [0.717, 1.165) is 4.68 Å². The van der Waals surface area contributed by atoms with Gasteiger partial charge in [0.2, 0.25) is 0 Å². The van der Waals surface area contributed by atoms with Gasteiger partial charge in [-0.2, -0.15) is 13.2 Å². The molecule has 0 aliphatic carbocycles. The van der Waals surface area contributed by atoms with Crippen LogP contribution in [0.15, 0.2) is 0 Å². The largest absolute Gasteiger partial charge is 0.455 e. The molecule has 0 fully saturated rings. The summed E-state index contributed by atoms with van der Waals surface area (Å²) >= 11 is 0. The predicted octanol–water partition coefficient (Wildman–Crippen LogP) is 2.49. The number of hydrogen-bond donors (Lipinski definition) is 0. The van der Waals surface area contributed by atoms with Crippen molar-refractivity contribution in [1.82, 2.24) is 15.0 Å². The van der Waals surface area contributed by atoms with Crippen LogP contribution in [0.2, 0.25) is 0 Å². The number of nitrogens with zero attached hydrogens (tertiary/aromatic N) is 3. The van der Waals surface area contributed by atoms with Crippen LogP contribution >= 0.6 is 0 Å². The van der Waals surface area contributed by atoms with E-state index in [9.17, 15) is 18.0 Å². The van der Waals surface area contributed by atoms with Gasteiger partial charge in [-0.15, -0.1) is 5.10 Å². The number of aromatic nitrogens is 3. The molecule has 108 valence electrons. The van der Waals surface area contributed by atoms with Gasteiger partial charge in [0.1, 0.15) is 5.60 Å². The lowest BCUT2D eigenvalue weighted by molar-refractivity contribution is -0.137. The highest BCUT2D eigenvalue weighted by Gasteiger charge is 2.28. The Labute approximate surface area is 108 Å². The third-order valence-corrected chi connectivity index (χ3v) is 2.18. The van der Waals surface area contributed by atoms with Crippen LogP contribution in [0.1, 0.15) is 43.4 Å². The van der Waals surface area contributed by atoms with Gasteiger partial charge >= 0.3 is 12.1 Å². The van der Waals surface area contributed by atoms with Gasteiger partial charge in [-0.05, 0) is 27.7 Å². The predicted molar refractivity (Wildman–Crippen MR) is 60.6 cm³/mol. The fourth-order valence-electron chi connectivity index (χ4n) is 1.32. The second kappa shape index (κ2) is 5.18. The number of alkyl halides is 3. The third-order valence-electron chi connectivity index (χ3n) is 2.18. The first-order chi connectivity index (χ1) is 8.49. The van der Waals surface area contributed by atoms with E-state index in [-0.39, 0.29) is 17.9 Å². The molecule has 0 N–H and O–H groups in total. The number of aryl methyl sites for hydroxylation is 1. The number of ether oxygens (including phenoxy) is 1. The molecule has 0 aliphatic rings. The Morgan fingerprint density at radius 2 is 1.89 bits per heavy atom. The molecule has 0 saturated carbocycles. The second-order valence-electron chi connectivity index (χ2n) is 5.11. The van der Waals surface area contributed by atoms with Crippen molar-refractivity contribution in [3.63, 3.8) is 0 Å². The lowest BCUT2D eigenvalue weighted by atomic mass is 10.2. The number of carbonyl (C=O) groups is 1. The van der Waals surface area contributed by atoms with E-state index < -0.39 is 24.2 Å². The molecule has 1 rings (SSSR count). The fourth-order valence-corrected chi connectivity index (χ4v) is 1.32. The summed E-state index contributed by atoms with van der Waals surface area (Å²) in [6, 6.07) is 0. The molecule has 1 aromatic heterocycles. The van der Waals surface area contributed by atoms with Gasteiger partial charge in [0, 0.05) is 0 Å². The van der Waals surface area contributed by atoms with Crippen LogP contribution < -0.4 is 0 Å². The highest BCUT2D eigenvalue weighted by molar-refractivity contribution is 5.88. The van der Waals surface area contributed by atoms with E-state index in [0.29, 0.717) is 0 Å². The van der Waals surface area contributed by atoms with Crippen LogP contribution in [0.4, 0.5) is 13.2 Å². The lowest BCUT2D eigenvalue weighted by Gasteiger charge is -2.18. The van der Waals surface area contributed by atoms with Crippen LogP contribution in [0.3, 0.4) is 0 Å². The third kappa shape index (κ3) is 4.88. The Kier molecular flexibility index (Phi) is 4.21. The van der Waals surface area contributed by atoms with E-state index >= 15 is 0 Å². The maximum absolute atomic E-state index is 12.1. The minimum absolute atomic E-state index is 0.0582. The molecule has 19 heavy (non-hydrogen) atoms. The van der Waals surface area contributed by atoms with Crippen molar-refractivity contribution in [2.45, 2.75) is 52.4 Å². The zero-order valence-corrected chi connectivity index (χ0v) is 11.2. The van der Waals surface area contributed by atoms with Crippen LogP contribution in [-0.2, 0) is 11.3 Å². The summed E-state index contributed by atoms with van der Waals surface area (Å²) in [5.74, 6) is -0.691. The van der Waals surface area contributed by atoms with Crippen molar-refractivity contribution in [1.29, 1.82) is 0 Å². The molecule has 5 nitrogen and oxygen atoms in total. The molecule has 0 aliphatic heterocycles. The summed E-state index contributed by atoms with van der Waals surface area (Å²) in [6.07, 6.45) is -5.30. The van der Waals surface area contributed by atoms with E-state index in [1.807, 2.05) is 0 Å². The molecule has 0 bridgehead atoms. The molecule has 1 heterocycles. The molecular weight excluding hydrogens is 263 g/mol. The van der Waals surface area contributed by atoms with Crippen molar-refractivity contribution in [3.8, 4) is 0 Å². The Bertz CT molecular complexity index is 461. The average molecular weight is 279 g/mol. The molecule has 0 unspecified atom stereocenters. The fraction of sp³-hybridized carbons (Fsp3) is 0.727. The molecule has 0 saturated heterocycles. The molecule has 0 aromatic carbocycles.